The normalized spacial score (nSPS) is 11.8. The summed E-state index contributed by atoms with van der Waals surface area (Å²) in [5, 5.41) is 0. The van der Waals surface area contributed by atoms with Crippen LogP contribution < -0.4 is 4.72 Å². The highest BCUT2D eigenvalue weighted by atomic mass is 32.2. The van der Waals surface area contributed by atoms with Crippen LogP contribution in [0.1, 0.15) is 23.9 Å². The Balaban J connectivity index is 2.17. The van der Waals surface area contributed by atoms with Crippen LogP contribution in [0.2, 0.25) is 0 Å². The molecule has 0 aliphatic rings. The van der Waals surface area contributed by atoms with Crippen LogP contribution in [0.3, 0.4) is 0 Å². The molecule has 114 valence electrons. The second kappa shape index (κ2) is 6.45. The summed E-state index contributed by atoms with van der Waals surface area (Å²) in [5.74, 6) is 0.121. The van der Waals surface area contributed by atoms with Crippen molar-refractivity contribution in [2.45, 2.75) is 27.2 Å². The highest BCUT2D eigenvalue weighted by Crippen LogP contribution is 2.20. The molecular weight excluding hydrogens is 284 g/mol. The van der Waals surface area contributed by atoms with Crippen molar-refractivity contribution in [1.29, 1.82) is 0 Å². The zero-order valence-electron chi connectivity index (χ0n) is 12.8. The van der Waals surface area contributed by atoms with Crippen LogP contribution in [-0.4, -0.2) is 25.3 Å². The number of hydrogen-bond donors (Lipinski definition) is 1. The van der Waals surface area contributed by atoms with E-state index in [0.29, 0.717) is 13.0 Å². The number of aryl methyl sites for hydroxylation is 1. The zero-order chi connectivity index (χ0) is 15.5. The Morgan fingerprint density at radius 1 is 1.14 bits per heavy atom. The Hall–Kier alpha value is -1.59. The molecule has 5 heteroatoms. The molecular formula is C16H22N2O2S. The Morgan fingerprint density at radius 3 is 2.43 bits per heavy atom. The van der Waals surface area contributed by atoms with Gasteiger partial charge in [-0.2, -0.15) is 0 Å². The summed E-state index contributed by atoms with van der Waals surface area (Å²) in [5.41, 5.74) is 4.63. The summed E-state index contributed by atoms with van der Waals surface area (Å²) in [6.45, 7) is 6.22. The third kappa shape index (κ3) is 3.74. The van der Waals surface area contributed by atoms with Crippen molar-refractivity contribution < 1.29 is 8.42 Å². The maximum atomic E-state index is 11.5. The van der Waals surface area contributed by atoms with E-state index in [0.717, 1.165) is 17.1 Å². The molecule has 0 aliphatic heterocycles. The van der Waals surface area contributed by atoms with E-state index in [4.69, 9.17) is 0 Å². The van der Waals surface area contributed by atoms with E-state index in [-0.39, 0.29) is 5.75 Å². The van der Waals surface area contributed by atoms with Crippen molar-refractivity contribution in [3.8, 4) is 5.69 Å². The van der Waals surface area contributed by atoms with Gasteiger partial charge in [-0.3, -0.25) is 0 Å². The average Bonchev–Trinajstić information content (AvgIpc) is 2.74. The van der Waals surface area contributed by atoms with Gasteiger partial charge < -0.3 is 4.57 Å². The van der Waals surface area contributed by atoms with E-state index in [1.807, 2.05) is 18.2 Å². The van der Waals surface area contributed by atoms with E-state index in [9.17, 15) is 8.42 Å². The molecule has 1 aromatic carbocycles. The first-order chi connectivity index (χ1) is 9.94. The fraction of sp³-hybridized carbons (Fsp3) is 0.375. The van der Waals surface area contributed by atoms with Crippen molar-refractivity contribution in [2.24, 2.45) is 0 Å². The van der Waals surface area contributed by atoms with Gasteiger partial charge in [0.05, 0.1) is 5.75 Å². The first-order valence-corrected chi connectivity index (χ1v) is 8.80. The zero-order valence-corrected chi connectivity index (χ0v) is 13.6. The second-order valence-corrected chi connectivity index (χ2v) is 7.21. The summed E-state index contributed by atoms with van der Waals surface area (Å²) in [6.07, 6.45) is 0.700. The van der Waals surface area contributed by atoms with E-state index < -0.39 is 10.0 Å². The average molecular weight is 306 g/mol. The molecule has 0 unspecified atom stereocenters. The minimum absolute atomic E-state index is 0.121. The quantitative estimate of drug-likeness (QED) is 0.892. The minimum Gasteiger partial charge on any atom is -0.318 e. The molecule has 0 spiro atoms. The largest absolute Gasteiger partial charge is 0.318 e. The van der Waals surface area contributed by atoms with Crippen molar-refractivity contribution in [2.75, 3.05) is 12.3 Å². The highest BCUT2D eigenvalue weighted by molar-refractivity contribution is 7.89. The van der Waals surface area contributed by atoms with Crippen LogP contribution in [0.4, 0.5) is 0 Å². The van der Waals surface area contributed by atoms with Crippen LogP contribution in [0.5, 0.6) is 0 Å². The molecule has 0 amide bonds. The second-order valence-electron chi connectivity index (χ2n) is 5.12. The fourth-order valence-corrected chi connectivity index (χ4v) is 3.12. The van der Waals surface area contributed by atoms with Crippen molar-refractivity contribution >= 4 is 10.0 Å². The molecule has 21 heavy (non-hydrogen) atoms. The number of nitrogens with one attached hydrogen (secondary N) is 1. The molecule has 2 aromatic rings. The summed E-state index contributed by atoms with van der Waals surface area (Å²) >= 11 is 0. The van der Waals surface area contributed by atoms with Crippen molar-refractivity contribution in [3.63, 3.8) is 0 Å². The monoisotopic (exact) mass is 306 g/mol. The summed E-state index contributed by atoms with van der Waals surface area (Å²) in [4.78, 5) is 0. The lowest BCUT2D eigenvalue weighted by molar-refractivity contribution is 0.583. The third-order valence-electron chi connectivity index (χ3n) is 3.65. The molecule has 1 N–H and O–H groups in total. The summed E-state index contributed by atoms with van der Waals surface area (Å²) in [7, 11) is -3.11. The molecule has 1 heterocycles. The Labute approximate surface area is 126 Å². The molecule has 2 rings (SSSR count). The van der Waals surface area contributed by atoms with Gasteiger partial charge in [-0.05, 0) is 51.0 Å². The van der Waals surface area contributed by atoms with Gasteiger partial charge in [-0.25, -0.2) is 13.1 Å². The topological polar surface area (TPSA) is 51.1 Å². The van der Waals surface area contributed by atoms with Gasteiger partial charge in [0, 0.05) is 23.6 Å². The van der Waals surface area contributed by atoms with Crippen LogP contribution in [0.15, 0.2) is 36.4 Å². The summed E-state index contributed by atoms with van der Waals surface area (Å²) < 4.78 is 27.7. The van der Waals surface area contributed by atoms with E-state index in [1.165, 1.54) is 5.56 Å². The molecule has 0 saturated carbocycles. The first kappa shape index (κ1) is 15.8. The maximum Gasteiger partial charge on any atom is 0.211 e. The molecule has 0 atom stereocenters. The lowest BCUT2D eigenvalue weighted by Gasteiger charge is -2.10. The SMILES string of the molecule is CCS(=O)(=O)NCCc1cc(C)n(-c2ccccc2)c1C. The Bertz CT molecular complexity index is 703. The fourth-order valence-electron chi connectivity index (χ4n) is 2.50. The van der Waals surface area contributed by atoms with Gasteiger partial charge >= 0.3 is 0 Å². The predicted octanol–water partition coefficient (Wildman–Crippen LogP) is 2.58. The van der Waals surface area contributed by atoms with E-state index in [1.54, 1.807) is 6.92 Å². The van der Waals surface area contributed by atoms with Crippen LogP contribution in [0, 0.1) is 13.8 Å². The number of benzene rings is 1. The first-order valence-electron chi connectivity index (χ1n) is 7.15. The number of nitrogens with zero attached hydrogens (tertiary/aromatic N) is 1. The third-order valence-corrected chi connectivity index (χ3v) is 5.05. The number of sulfonamides is 1. The standard InChI is InChI=1S/C16H22N2O2S/c1-4-21(19,20)17-11-10-15-12-13(2)18(14(15)3)16-8-6-5-7-9-16/h5-9,12,17H,4,10-11H2,1-3H3. The lowest BCUT2D eigenvalue weighted by Crippen LogP contribution is -2.27. The summed E-state index contributed by atoms with van der Waals surface area (Å²) in [6, 6.07) is 12.3. The number of rotatable bonds is 6. The highest BCUT2D eigenvalue weighted by Gasteiger charge is 2.11. The van der Waals surface area contributed by atoms with Gasteiger partial charge in [0.2, 0.25) is 10.0 Å². The molecule has 0 fully saturated rings. The number of para-hydroxylation sites is 1. The van der Waals surface area contributed by atoms with Gasteiger partial charge in [0.25, 0.3) is 0 Å². The van der Waals surface area contributed by atoms with Crippen molar-refractivity contribution in [1.82, 2.24) is 9.29 Å². The molecule has 0 radical (unpaired) electrons. The molecule has 4 nitrogen and oxygen atoms in total. The Kier molecular flexibility index (Phi) is 4.85. The van der Waals surface area contributed by atoms with Gasteiger partial charge in [0.1, 0.15) is 0 Å². The van der Waals surface area contributed by atoms with E-state index >= 15 is 0 Å². The smallest absolute Gasteiger partial charge is 0.211 e. The molecule has 0 bridgehead atoms. The van der Waals surface area contributed by atoms with Crippen molar-refractivity contribution in [3.05, 3.63) is 53.3 Å². The van der Waals surface area contributed by atoms with Crippen LogP contribution in [-0.2, 0) is 16.4 Å². The minimum atomic E-state index is -3.11. The van der Waals surface area contributed by atoms with Gasteiger partial charge in [-0.1, -0.05) is 18.2 Å². The molecule has 0 saturated heterocycles. The van der Waals surface area contributed by atoms with Gasteiger partial charge in [0.15, 0.2) is 0 Å². The number of aromatic nitrogens is 1. The van der Waals surface area contributed by atoms with E-state index in [2.05, 4.69) is 41.3 Å². The van der Waals surface area contributed by atoms with Gasteiger partial charge in [-0.15, -0.1) is 0 Å². The van der Waals surface area contributed by atoms with Crippen LogP contribution >= 0.6 is 0 Å². The number of hydrogen-bond acceptors (Lipinski definition) is 2. The molecule has 1 aromatic heterocycles. The predicted molar refractivity (Wildman–Crippen MR) is 86.4 cm³/mol. The Morgan fingerprint density at radius 2 is 1.81 bits per heavy atom. The molecule has 0 aliphatic carbocycles. The van der Waals surface area contributed by atoms with Crippen LogP contribution in [0.25, 0.3) is 5.69 Å². The maximum absolute atomic E-state index is 11.5. The lowest BCUT2D eigenvalue weighted by atomic mass is 10.2.